The van der Waals surface area contributed by atoms with Gasteiger partial charge in [0.15, 0.2) is 0 Å². The normalized spacial score (nSPS) is 13.0. The van der Waals surface area contributed by atoms with Crippen LogP contribution in [0.2, 0.25) is 0 Å². The predicted octanol–water partition coefficient (Wildman–Crippen LogP) is 0.703. The van der Waals surface area contributed by atoms with Gasteiger partial charge in [-0.15, -0.1) is 0 Å². The van der Waals surface area contributed by atoms with E-state index in [1.165, 1.54) is 10.9 Å². The third-order valence-electron chi connectivity index (χ3n) is 3.36. The number of rotatable bonds is 6. The number of sulfonamides is 1. The van der Waals surface area contributed by atoms with Gasteiger partial charge in [0.1, 0.15) is 10.9 Å². The molecule has 22 heavy (non-hydrogen) atoms. The van der Waals surface area contributed by atoms with Crippen LogP contribution in [0.3, 0.4) is 0 Å². The Morgan fingerprint density at radius 3 is 2.50 bits per heavy atom. The summed E-state index contributed by atoms with van der Waals surface area (Å²) in [5.74, 6) is -1.23. The van der Waals surface area contributed by atoms with E-state index in [4.69, 9.17) is 0 Å². The maximum atomic E-state index is 12.3. The highest BCUT2D eigenvalue weighted by atomic mass is 32.2. The average molecular weight is 323 g/mol. The lowest BCUT2D eigenvalue weighted by atomic mass is 10.1. The van der Waals surface area contributed by atoms with E-state index < -0.39 is 22.0 Å². The fraction of sp³-hybridized carbons (Fsp3) is 0.286. The van der Waals surface area contributed by atoms with Gasteiger partial charge < -0.3 is 5.11 Å². The van der Waals surface area contributed by atoms with Crippen LogP contribution in [0, 0.1) is 6.92 Å². The molecule has 0 aliphatic carbocycles. The van der Waals surface area contributed by atoms with Crippen molar-refractivity contribution in [2.75, 3.05) is 0 Å². The molecule has 0 aliphatic rings. The van der Waals surface area contributed by atoms with Gasteiger partial charge in [-0.1, -0.05) is 30.3 Å². The Morgan fingerprint density at radius 2 is 2.00 bits per heavy atom. The molecule has 2 N–H and O–H groups in total. The highest BCUT2D eigenvalue weighted by molar-refractivity contribution is 7.89. The molecule has 2 aromatic rings. The Bertz CT molecular complexity index is 769. The minimum absolute atomic E-state index is 0.0192. The molecule has 0 unspecified atom stereocenters. The third-order valence-corrected chi connectivity index (χ3v) is 4.93. The molecular weight excluding hydrogens is 306 g/mol. The van der Waals surface area contributed by atoms with E-state index in [1.54, 1.807) is 38.2 Å². The predicted molar refractivity (Wildman–Crippen MR) is 79.8 cm³/mol. The molecule has 0 saturated carbocycles. The number of aliphatic carboxylic acids is 1. The van der Waals surface area contributed by atoms with Crippen LogP contribution in [0.15, 0.2) is 41.4 Å². The number of hydrogen-bond acceptors (Lipinski definition) is 4. The maximum Gasteiger partial charge on any atom is 0.322 e. The molecule has 0 aliphatic heterocycles. The van der Waals surface area contributed by atoms with Crippen LogP contribution >= 0.6 is 0 Å². The summed E-state index contributed by atoms with van der Waals surface area (Å²) >= 11 is 0. The second kappa shape index (κ2) is 6.29. The van der Waals surface area contributed by atoms with Crippen molar-refractivity contribution in [1.29, 1.82) is 0 Å². The molecule has 0 bridgehead atoms. The Balaban J connectivity index is 2.24. The largest absolute Gasteiger partial charge is 0.480 e. The molecule has 0 saturated heterocycles. The molecule has 0 fully saturated rings. The SMILES string of the molecule is Cc1c(S(=O)(=O)N[C@H](Cc2ccccc2)C(=O)O)cnn1C. The molecule has 0 amide bonds. The fourth-order valence-electron chi connectivity index (χ4n) is 2.02. The van der Waals surface area contributed by atoms with Gasteiger partial charge in [-0.25, -0.2) is 8.42 Å². The van der Waals surface area contributed by atoms with E-state index in [0.29, 0.717) is 5.69 Å². The molecule has 0 radical (unpaired) electrons. The number of carboxylic acid groups (broad SMARTS) is 1. The summed E-state index contributed by atoms with van der Waals surface area (Å²) in [6.07, 6.45) is 1.27. The van der Waals surface area contributed by atoms with Crippen molar-refractivity contribution in [3.8, 4) is 0 Å². The zero-order chi connectivity index (χ0) is 16.3. The third kappa shape index (κ3) is 3.52. The number of aryl methyl sites for hydroxylation is 1. The Hall–Kier alpha value is -2.19. The number of aromatic nitrogens is 2. The van der Waals surface area contributed by atoms with Crippen molar-refractivity contribution < 1.29 is 18.3 Å². The minimum atomic E-state index is -3.95. The van der Waals surface area contributed by atoms with Crippen LogP contribution in [-0.4, -0.2) is 35.3 Å². The number of nitrogens with one attached hydrogen (secondary N) is 1. The molecule has 1 heterocycles. The summed E-state index contributed by atoms with van der Waals surface area (Å²) in [6.45, 7) is 1.61. The van der Waals surface area contributed by atoms with Crippen LogP contribution in [-0.2, 0) is 28.3 Å². The van der Waals surface area contributed by atoms with Crippen LogP contribution in [0.4, 0.5) is 0 Å². The molecule has 2 rings (SSSR count). The Kier molecular flexibility index (Phi) is 4.62. The van der Waals surface area contributed by atoms with Crippen LogP contribution in [0.5, 0.6) is 0 Å². The molecular formula is C14H17N3O4S. The smallest absolute Gasteiger partial charge is 0.322 e. The summed E-state index contributed by atoms with van der Waals surface area (Å²) < 4.78 is 28.3. The maximum absolute atomic E-state index is 12.3. The summed E-state index contributed by atoms with van der Waals surface area (Å²) in [4.78, 5) is 11.3. The number of nitrogens with zero attached hydrogens (tertiary/aromatic N) is 2. The van der Waals surface area contributed by atoms with E-state index >= 15 is 0 Å². The van der Waals surface area contributed by atoms with E-state index in [9.17, 15) is 18.3 Å². The van der Waals surface area contributed by atoms with Crippen molar-refractivity contribution in [1.82, 2.24) is 14.5 Å². The first-order valence-corrected chi connectivity index (χ1v) is 8.07. The second-order valence-electron chi connectivity index (χ2n) is 4.92. The van der Waals surface area contributed by atoms with Gasteiger partial charge in [0.2, 0.25) is 10.0 Å². The van der Waals surface area contributed by atoms with Gasteiger partial charge in [0.05, 0.1) is 11.9 Å². The fourth-order valence-corrected chi connectivity index (χ4v) is 3.41. The lowest BCUT2D eigenvalue weighted by Gasteiger charge is -2.14. The zero-order valence-electron chi connectivity index (χ0n) is 12.2. The second-order valence-corrected chi connectivity index (χ2v) is 6.60. The first-order valence-electron chi connectivity index (χ1n) is 6.59. The number of hydrogen-bond donors (Lipinski definition) is 2. The molecule has 0 spiro atoms. The lowest BCUT2D eigenvalue weighted by molar-refractivity contribution is -0.138. The summed E-state index contributed by atoms with van der Waals surface area (Å²) in [6, 6.07) is 7.61. The zero-order valence-corrected chi connectivity index (χ0v) is 13.0. The van der Waals surface area contributed by atoms with Crippen LogP contribution in [0.25, 0.3) is 0 Å². The molecule has 1 atom stereocenters. The van der Waals surface area contributed by atoms with E-state index in [1.807, 2.05) is 6.07 Å². The van der Waals surface area contributed by atoms with Crippen molar-refractivity contribution in [2.24, 2.45) is 7.05 Å². The standard InChI is InChI=1S/C14H17N3O4S/c1-10-13(9-15-17(10)2)22(20,21)16-12(14(18)19)8-11-6-4-3-5-7-11/h3-7,9,12,16H,8H2,1-2H3,(H,18,19)/t12-/m1/s1. The summed E-state index contributed by atoms with van der Waals surface area (Å²) in [5, 5.41) is 13.1. The lowest BCUT2D eigenvalue weighted by Crippen LogP contribution is -2.42. The van der Waals surface area contributed by atoms with Gasteiger partial charge in [-0.3, -0.25) is 9.48 Å². The molecule has 7 nitrogen and oxygen atoms in total. The molecule has 1 aromatic carbocycles. The summed E-state index contributed by atoms with van der Waals surface area (Å²) in [7, 11) is -2.33. The quantitative estimate of drug-likeness (QED) is 0.815. The van der Waals surface area contributed by atoms with Gasteiger partial charge >= 0.3 is 5.97 Å². The number of benzene rings is 1. The Labute approximate surface area is 128 Å². The monoisotopic (exact) mass is 323 g/mol. The first-order chi connectivity index (χ1) is 10.3. The number of carbonyl (C=O) groups is 1. The highest BCUT2D eigenvalue weighted by Gasteiger charge is 2.28. The van der Waals surface area contributed by atoms with Gasteiger partial charge in [-0.2, -0.15) is 9.82 Å². The molecule has 8 heteroatoms. The van der Waals surface area contributed by atoms with Gasteiger partial charge in [0, 0.05) is 7.05 Å². The van der Waals surface area contributed by atoms with Crippen molar-refractivity contribution in [3.05, 3.63) is 47.8 Å². The average Bonchev–Trinajstić information content (AvgIpc) is 2.80. The highest BCUT2D eigenvalue weighted by Crippen LogP contribution is 2.14. The van der Waals surface area contributed by atoms with E-state index in [0.717, 1.165) is 5.56 Å². The van der Waals surface area contributed by atoms with Crippen molar-refractivity contribution in [3.63, 3.8) is 0 Å². The van der Waals surface area contributed by atoms with Gasteiger partial charge in [0.25, 0.3) is 0 Å². The Morgan fingerprint density at radius 1 is 1.36 bits per heavy atom. The topological polar surface area (TPSA) is 101 Å². The van der Waals surface area contributed by atoms with Crippen LogP contribution < -0.4 is 4.72 Å². The van der Waals surface area contributed by atoms with Crippen molar-refractivity contribution >= 4 is 16.0 Å². The van der Waals surface area contributed by atoms with Crippen LogP contribution in [0.1, 0.15) is 11.3 Å². The molecule has 118 valence electrons. The first kappa shape index (κ1) is 16.2. The summed E-state index contributed by atoms with van der Waals surface area (Å²) in [5.41, 5.74) is 1.18. The minimum Gasteiger partial charge on any atom is -0.480 e. The van der Waals surface area contributed by atoms with E-state index in [2.05, 4.69) is 9.82 Å². The van der Waals surface area contributed by atoms with Crippen molar-refractivity contribution in [2.45, 2.75) is 24.3 Å². The van der Waals surface area contributed by atoms with E-state index in [-0.39, 0.29) is 11.3 Å². The van der Waals surface area contributed by atoms with Gasteiger partial charge in [-0.05, 0) is 18.9 Å². The molecule has 1 aromatic heterocycles. The number of carboxylic acids is 1.